The number of carbonyl (C=O) groups excluding carboxylic acids is 1. The molecule has 1 aromatic carbocycles. The van der Waals surface area contributed by atoms with Gasteiger partial charge in [-0.05, 0) is 55.0 Å². The van der Waals surface area contributed by atoms with Crippen molar-refractivity contribution in [2.75, 3.05) is 0 Å². The van der Waals surface area contributed by atoms with Crippen LogP contribution in [0.1, 0.15) is 47.5 Å². The molecule has 7 nitrogen and oxygen atoms in total. The molecule has 4 rings (SSSR count). The lowest BCUT2D eigenvalue weighted by Gasteiger charge is -2.33. The van der Waals surface area contributed by atoms with Crippen LogP contribution in [0.25, 0.3) is 0 Å². The van der Waals surface area contributed by atoms with Crippen LogP contribution in [0.5, 0.6) is 0 Å². The molecule has 29 heavy (non-hydrogen) atoms. The van der Waals surface area contributed by atoms with E-state index in [9.17, 15) is 4.79 Å². The number of aryl methyl sites for hydroxylation is 1. The fourth-order valence-electron chi connectivity index (χ4n) is 3.32. The summed E-state index contributed by atoms with van der Waals surface area (Å²) in [6, 6.07) is 9.82. The average Bonchev–Trinajstić information content (AvgIpc) is 3.14. The molecule has 0 aliphatic heterocycles. The SMILES string of the molecule is Cc1ccncc1N=CN(C=O)Cc1nc(C2CC(c3ccc(Cl)cc3)C2)no1. The summed E-state index contributed by atoms with van der Waals surface area (Å²) in [5, 5.41) is 4.84. The van der Waals surface area contributed by atoms with Gasteiger partial charge in [0.1, 0.15) is 6.54 Å². The predicted molar refractivity (Wildman–Crippen MR) is 109 cm³/mol. The fourth-order valence-corrected chi connectivity index (χ4v) is 3.45. The zero-order valence-electron chi connectivity index (χ0n) is 15.9. The normalized spacial score (nSPS) is 18.6. The topological polar surface area (TPSA) is 84.5 Å². The van der Waals surface area contributed by atoms with E-state index in [1.807, 2.05) is 25.1 Å². The number of halogens is 1. The van der Waals surface area contributed by atoms with Gasteiger partial charge in [0.15, 0.2) is 5.82 Å². The Hall–Kier alpha value is -3.06. The van der Waals surface area contributed by atoms with E-state index in [1.165, 1.54) is 16.8 Å². The number of amides is 1. The molecule has 1 saturated carbocycles. The second-order valence-corrected chi connectivity index (χ2v) is 7.58. The molecule has 0 radical (unpaired) electrons. The number of benzene rings is 1. The number of hydrogen-bond acceptors (Lipinski definition) is 6. The monoisotopic (exact) mass is 409 g/mol. The molecule has 2 aromatic heterocycles. The molecule has 1 aliphatic carbocycles. The molecule has 0 spiro atoms. The van der Waals surface area contributed by atoms with Crippen molar-refractivity contribution in [1.82, 2.24) is 20.0 Å². The van der Waals surface area contributed by atoms with Crippen molar-refractivity contribution >= 4 is 30.0 Å². The molecule has 0 unspecified atom stereocenters. The zero-order valence-corrected chi connectivity index (χ0v) is 16.7. The van der Waals surface area contributed by atoms with Crippen molar-refractivity contribution in [3.05, 3.63) is 70.6 Å². The number of aliphatic imine (C=N–C) groups is 1. The first-order chi connectivity index (χ1) is 14.1. The first-order valence-electron chi connectivity index (χ1n) is 9.36. The number of pyridine rings is 1. The maximum atomic E-state index is 11.4. The number of aromatic nitrogens is 3. The Morgan fingerprint density at radius 1 is 1.24 bits per heavy atom. The maximum Gasteiger partial charge on any atom is 0.246 e. The first kappa shape index (κ1) is 19.3. The van der Waals surface area contributed by atoms with Crippen LogP contribution < -0.4 is 0 Å². The lowest BCUT2D eigenvalue weighted by atomic mass is 9.71. The van der Waals surface area contributed by atoms with E-state index in [0.717, 1.165) is 23.4 Å². The lowest BCUT2D eigenvalue weighted by molar-refractivity contribution is -0.115. The molecule has 0 N–H and O–H groups in total. The van der Waals surface area contributed by atoms with Gasteiger partial charge in [-0.2, -0.15) is 4.98 Å². The molecular formula is C21H20ClN5O2. The van der Waals surface area contributed by atoms with Crippen LogP contribution in [-0.2, 0) is 11.3 Å². The number of hydrogen-bond donors (Lipinski definition) is 0. The molecule has 1 aliphatic rings. The summed E-state index contributed by atoms with van der Waals surface area (Å²) < 4.78 is 5.33. The van der Waals surface area contributed by atoms with Gasteiger partial charge in [0.05, 0.1) is 18.2 Å². The van der Waals surface area contributed by atoms with Crippen molar-refractivity contribution in [2.45, 2.75) is 38.1 Å². The third-order valence-corrected chi connectivity index (χ3v) is 5.39. The van der Waals surface area contributed by atoms with Gasteiger partial charge in [-0.15, -0.1) is 0 Å². The van der Waals surface area contributed by atoms with Crippen LogP contribution in [0, 0.1) is 6.92 Å². The number of nitrogens with zero attached hydrogens (tertiary/aromatic N) is 5. The highest BCUT2D eigenvalue weighted by Crippen LogP contribution is 2.46. The van der Waals surface area contributed by atoms with Crippen LogP contribution in [0.2, 0.25) is 5.02 Å². The minimum atomic E-state index is 0.173. The van der Waals surface area contributed by atoms with Crippen molar-refractivity contribution < 1.29 is 9.32 Å². The molecule has 0 saturated heterocycles. The molecule has 148 valence electrons. The summed E-state index contributed by atoms with van der Waals surface area (Å²) in [5.74, 6) is 1.83. The van der Waals surface area contributed by atoms with Gasteiger partial charge in [0.25, 0.3) is 0 Å². The summed E-state index contributed by atoms with van der Waals surface area (Å²) in [6.45, 7) is 2.10. The Labute approximate surface area is 173 Å². The summed E-state index contributed by atoms with van der Waals surface area (Å²) in [5.41, 5.74) is 2.96. The molecule has 8 heteroatoms. The van der Waals surface area contributed by atoms with E-state index < -0.39 is 0 Å². The maximum absolute atomic E-state index is 11.4. The molecular weight excluding hydrogens is 390 g/mol. The van der Waals surface area contributed by atoms with Crippen molar-refractivity contribution in [3.8, 4) is 0 Å². The molecule has 1 amide bonds. The minimum absolute atomic E-state index is 0.173. The van der Waals surface area contributed by atoms with Crippen LogP contribution in [0.4, 0.5) is 5.69 Å². The third kappa shape index (κ3) is 4.51. The summed E-state index contributed by atoms with van der Waals surface area (Å²) in [7, 11) is 0. The van der Waals surface area contributed by atoms with Crippen LogP contribution in [0.15, 0.2) is 52.2 Å². The lowest BCUT2D eigenvalue weighted by Crippen LogP contribution is -2.22. The van der Waals surface area contributed by atoms with Crippen molar-refractivity contribution in [1.29, 1.82) is 0 Å². The van der Waals surface area contributed by atoms with E-state index in [0.29, 0.717) is 29.7 Å². The Morgan fingerprint density at radius 2 is 2.03 bits per heavy atom. The Morgan fingerprint density at radius 3 is 2.76 bits per heavy atom. The predicted octanol–water partition coefficient (Wildman–Crippen LogP) is 4.41. The number of carbonyl (C=O) groups is 1. The zero-order chi connectivity index (χ0) is 20.2. The molecule has 3 aromatic rings. The van der Waals surface area contributed by atoms with Crippen LogP contribution in [-0.4, -0.2) is 32.8 Å². The minimum Gasteiger partial charge on any atom is -0.337 e. The van der Waals surface area contributed by atoms with Crippen molar-refractivity contribution in [3.63, 3.8) is 0 Å². The molecule has 2 heterocycles. The fraction of sp³-hybridized carbons (Fsp3) is 0.286. The molecule has 0 bridgehead atoms. The standard InChI is InChI=1S/C21H20ClN5O2/c1-14-6-7-23-10-19(14)24-12-27(13-28)11-20-25-21(26-29-20)17-8-16(9-17)15-2-4-18(22)5-3-15/h2-7,10,12-13,16-17H,8-9,11H2,1H3. The van der Waals surface area contributed by atoms with Gasteiger partial charge in [0, 0.05) is 17.1 Å². The highest BCUT2D eigenvalue weighted by atomic mass is 35.5. The van der Waals surface area contributed by atoms with Gasteiger partial charge in [-0.1, -0.05) is 28.9 Å². The number of rotatable bonds is 7. The smallest absolute Gasteiger partial charge is 0.246 e. The quantitative estimate of drug-likeness (QED) is 0.328. The van der Waals surface area contributed by atoms with Crippen LogP contribution >= 0.6 is 11.6 Å². The van der Waals surface area contributed by atoms with E-state index >= 15 is 0 Å². The largest absolute Gasteiger partial charge is 0.337 e. The Bertz CT molecular complexity index is 1010. The second-order valence-electron chi connectivity index (χ2n) is 7.15. The molecule has 1 fully saturated rings. The van der Waals surface area contributed by atoms with Gasteiger partial charge >= 0.3 is 0 Å². The van der Waals surface area contributed by atoms with Crippen LogP contribution in [0.3, 0.4) is 0 Å². The summed E-state index contributed by atoms with van der Waals surface area (Å²) in [4.78, 5) is 25.5. The molecule has 0 atom stereocenters. The van der Waals surface area contributed by atoms with E-state index in [2.05, 4.69) is 32.2 Å². The van der Waals surface area contributed by atoms with Gasteiger partial charge < -0.3 is 4.52 Å². The Balaban J connectivity index is 1.35. The third-order valence-electron chi connectivity index (χ3n) is 5.14. The van der Waals surface area contributed by atoms with E-state index in [-0.39, 0.29) is 12.5 Å². The second kappa shape index (κ2) is 8.53. The first-order valence-corrected chi connectivity index (χ1v) is 9.74. The average molecular weight is 410 g/mol. The highest BCUT2D eigenvalue weighted by molar-refractivity contribution is 6.30. The highest BCUT2D eigenvalue weighted by Gasteiger charge is 2.34. The summed E-state index contributed by atoms with van der Waals surface area (Å²) in [6.07, 6.45) is 7.41. The van der Waals surface area contributed by atoms with E-state index in [4.69, 9.17) is 16.1 Å². The van der Waals surface area contributed by atoms with Gasteiger partial charge in [-0.3, -0.25) is 14.7 Å². The van der Waals surface area contributed by atoms with Crippen molar-refractivity contribution in [2.24, 2.45) is 4.99 Å². The Kier molecular flexibility index (Phi) is 5.67. The van der Waals surface area contributed by atoms with Gasteiger partial charge in [0.2, 0.25) is 12.3 Å². The summed E-state index contributed by atoms with van der Waals surface area (Å²) >= 11 is 5.95. The van der Waals surface area contributed by atoms with E-state index in [1.54, 1.807) is 12.4 Å². The van der Waals surface area contributed by atoms with Gasteiger partial charge in [-0.25, -0.2) is 4.99 Å².